The normalized spacial score (nSPS) is 16.2. The molecular weight excluding hydrogens is 699 g/mol. The van der Waals surface area contributed by atoms with Crippen molar-refractivity contribution in [3.8, 4) is 0 Å². The fourth-order valence-corrected chi connectivity index (χ4v) is 8.09. The van der Waals surface area contributed by atoms with Crippen molar-refractivity contribution in [3.63, 3.8) is 0 Å². The summed E-state index contributed by atoms with van der Waals surface area (Å²) < 4.78 is 44.1. The van der Waals surface area contributed by atoms with Gasteiger partial charge in [0, 0.05) is 11.3 Å². The van der Waals surface area contributed by atoms with Crippen LogP contribution in [0.5, 0.6) is 0 Å². The van der Waals surface area contributed by atoms with Crippen LogP contribution in [0.25, 0.3) is 10.8 Å². The Bertz CT molecular complexity index is 2040. The van der Waals surface area contributed by atoms with Crippen molar-refractivity contribution in [1.29, 1.82) is 0 Å². The average Bonchev–Trinajstić information content (AvgIpc) is 3.17. The van der Waals surface area contributed by atoms with E-state index in [2.05, 4.69) is 17.5 Å². The van der Waals surface area contributed by atoms with Crippen LogP contribution in [0.3, 0.4) is 0 Å². The van der Waals surface area contributed by atoms with Gasteiger partial charge in [-0.1, -0.05) is 121 Å². The molecule has 4 aromatic rings. The number of hydrogen-bond donors (Lipinski definition) is 1. The second-order valence-corrected chi connectivity index (χ2v) is 16.2. The highest BCUT2D eigenvalue weighted by Gasteiger charge is 2.45. The Hall–Kier alpha value is -4.83. The smallest absolute Gasteiger partial charge is 0.323 e. The second-order valence-electron chi connectivity index (χ2n) is 14.6. The number of esters is 2. The first-order chi connectivity index (χ1) is 25.8. The number of carbonyl (C=O) groups is 2. The topological polar surface area (TPSA) is 108 Å². The molecule has 0 radical (unpaired) electrons. The third-order valence-electron chi connectivity index (χ3n) is 9.56. The number of benzene rings is 4. The van der Waals surface area contributed by atoms with Gasteiger partial charge in [-0.3, -0.25) is 19.1 Å². The zero-order chi connectivity index (χ0) is 38.8. The SMILES string of the molecule is C/C=C(\C)OC(=O)[C@@H](CCCOS(=O)(=O)c1cccc2ccccc12)C[C@H](NC(c1ccccc1)(c1ccccc1)C1C=CC=CC1)C(=O)OC(C)(C)C. The highest BCUT2D eigenvalue weighted by molar-refractivity contribution is 7.87. The highest BCUT2D eigenvalue weighted by atomic mass is 32.2. The lowest BCUT2D eigenvalue weighted by Gasteiger charge is -2.44. The molecule has 0 amide bonds. The molecule has 8 nitrogen and oxygen atoms in total. The molecule has 9 heteroatoms. The molecule has 1 aliphatic carbocycles. The first kappa shape index (κ1) is 40.4. The van der Waals surface area contributed by atoms with Gasteiger partial charge in [0.05, 0.1) is 18.1 Å². The van der Waals surface area contributed by atoms with E-state index in [0.29, 0.717) is 17.6 Å². The Kier molecular flexibility index (Phi) is 13.5. The molecule has 0 saturated heterocycles. The van der Waals surface area contributed by atoms with Crippen molar-refractivity contribution in [1.82, 2.24) is 5.32 Å². The summed E-state index contributed by atoms with van der Waals surface area (Å²) in [6, 6.07) is 31.3. The van der Waals surface area contributed by atoms with Crippen LogP contribution in [-0.4, -0.2) is 38.6 Å². The minimum atomic E-state index is -4.11. The molecule has 4 aromatic carbocycles. The lowest BCUT2D eigenvalue weighted by molar-refractivity contribution is -0.159. The standard InChI is InChI=1S/C45H51NO7S/c1-6-33(2)52-42(47)35(22-19-31-51-54(49,50)41-30-18-21-34-20-16-17-29-39(34)41)32-40(43(48)53-44(3,4)5)46-45(36-23-10-7-11-24-36,37-25-12-8-13-26-37)38-27-14-9-15-28-38/h6-18,20-21,23-27,29-30,35,38,40,46H,19,22,28,31-32H2,1-5H3/b33-6+/t35-,38?,40-/m0/s1. The van der Waals surface area contributed by atoms with E-state index in [1.165, 1.54) is 6.07 Å². The van der Waals surface area contributed by atoms with Crippen molar-refractivity contribution in [2.45, 2.75) is 82.4 Å². The van der Waals surface area contributed by atoms with Crippen LogP contribution in [0.15, 0.2) is 144 Å². The van der Waals surface area contributed by atoms with Gasteiger partial charge in [0.2, 0.25) is 0 Å². The Balaban J connectivity index is 1.49. The Morgan fingerprint density at radius 2 is 1.48 bits per heavy atom. The Labute approximate surface area is 320 Å². The minimum Gasteiger partial charge on any atom is -0.459 e. The number of nitrogens with one attached hydrogen (secondary N) is 1. The van der Waals surface area contributed by atoms with E-state index in [4.69, 9.17) is 13.7 Å². The summed E-state index contributed by atoms with van der Waals surface area (Å²) in [4.78, 5) is 28.3. The van der Waals surface area contributed by atoms with E-state index in [0.717, 1.165) is 16.5 Å². The first-order valence-corrected chi connectivity index (χ1v) is 19.9. The third-order valence-corrected chi connectivity index (χ3v) is 10.9. The fourth-order valence-electron chi connectivity index (χ4n) is 6.93. The van der Waals surface area contributed by atoms with Gasteiger partial charge in [-0.25, -0.2) is 0 Å². The van der Waals surface area contributed by atoms with Crippen LogP contribution >= 0.6 is 0 Å². The summed E-state index contributed by atoms with van der Waals surface area (Å²) in [7, 11) is -4.11. The predicted molar refractivity (Wildman–Crippen MR) is 213 cm³/mol. The molecule has 0 heterocycles. The van der Waals surface area contributed by atoms with E-state index in [9.17, 15) is 18.0 Å². The molecule has 0 saturated carbocycles. The zero-order valence-corrected chi connectivity index (χ0v) is 32.6. The molecule has 1 aliphatic rings. The van der Waals surface area contributed by atoms with Crippen LogP contribution in [0.4, 0.5) is 0 Å². The average molecular weight is 750 g/mol. The van der Waals surface area contributed by atoms with Gasteiger partial charge in [0.15, 0.2) is 0 Å². The molecule has 0 spiro atoms. The summed E-state index contributed by atoms with van der Waals surface area (Å²) >= 11 is 0. The number of hydrogen-bond acceptors (Lipinski definition) is 8. The summed E-state index contributed by atoms with van der Waals surface area (Å²) in [6.45, 7) is 8.74. The highest BCUT2D eigenvalue weighted by Crippen LogP contribution is 2.42. The van der Waals surface area contributed by atoms with E-state index < -0.39 is 45.2 Å². The lowest BCUT2D eigenvalue weighted by atomic mass is 9.70. The predicted octanol–water partition coefficient (Wildman–Crippen LogP) is 9.17. The molecule has 0 bridgehead atoms. The number of allylic oxidation sites excluding steroid dienone is 5. The summed E-state index contributed by atoms with van der Waals surface area (Å²) in [5.41, 5.74) is 0.180. The maximum atomic E-state index is 14.4. The van der Waals surface area contributed by atoms with E-state index >= 15 is 0 Å². The van der Waals surface area contributed by atoms with E-state index in [1.807, 2.05) is 112 Å². The first-order valence-electron chi connectivity index (χ1n) is 18.5. The zero-order valence-electron chi connectivity index (χ0n) is 31.7. The molecule has 284 valence electrons. The summed E-state index contributed by atoms with van der Waals surface area (Å²) in [5, 5.41) is 5.14. The van der Waals surface area contributed by atoms with Crippen LogP contribution in [0, 0.1) is 11.8 Å². The maximum Gasteiger partial charge on any atom is 0.323 e. The Morgan fingerprint density at radius 1 is 0.852 bits per heavy atom. The number of carbonyl (C=O) groups excluding carboxylic acids is 2. The molecule has 0 fully saturated rings. The molecule has 1 unspecified atom stereocenters. The van der Waals surface area contributed by atoms with Crippen molar-refractivity contribution >= 4 is 32.8 Å². The monoisotopic (exact) mass is 749 g/mol. The van der Waals surface area contributed by atoms with Crippen molar-refractivity contribution < 1.29 is 31.7 Å². The number of ether oxygens (including phenoxy) is 2. The lowest BCUT2D eigenvalue weighted by Crippen LogP contribution is -2.57. The van der Waals surface area contributed by atoms with Gasteiger partial charge < -0.3 is 9.47 Å². The molecule has 54 heavy (non-hydrogen) atoms. The van der Waals surface area contributed by atoms with Crippen molar-refractivity contribution in [2.75, 3.05) is 6.61 Å². The summed E-state index contributed by atoms with van der Waals surface area (Å²) in [6.07, 6.45) is 11.1. The summed E-state index contributed by atoms with van der Waals surface area (Å²) in [5.74, 6) is -1.54. The third kappa shape index (κ3) is 10.0. The largest absolute Gasteiger partial charge is 0.459 e. The van der Waals surface area contributed by atoms with Gasteiger partial charge in [-0.2, -0.15) is 8.42 Å². The molecule has 5 rings (SSSR count). The van der Waals surface area contributed by atoms with Gasteiger partial charge in [0.1, 0.15) is 22.3 Å². The Morgan fingerprint density at radius 3 is 2.09 bits per heavy atom. The maximum absolute atomic E-state index is 14.4. The van der Waals surface area contributed by atoms with Gasteiger partial charge >= 0.3 is 11.9 Å². The molecule has 0 aromatic heterocycles. The van der Waals surface area contributed by atoms with E-state index in [1.54, 1.807) is 38.1 Å². The molecule has 3 atom stereocenters. The van der Waals surface area contributed by atoms with Crippen LogP contribution in [-0.2, 0) is 38.9 Å². The van der Waals surface area contributed by atoms with Crippen LogP contribution in [0.1, 0.15) is 71.4 Å². The van der Waals surface area contributed by atoms with Crippen molar-refractivity contribution in [2.24, 2.45) is 11.8 Å². The molecule has 0 aliphatic heterocycles. The van der Waals surface area contributed by atoms with Crippen LogP contribution < -0.4 is 5.32 Å². The second kappa shape index (κ2) is 18.0. The van der Waals surface area contributed by atoms with Gasteiger partial charge in [-0.05, 0) is 89.0 Å². The molecular formula is C45H51NO7S. The van der Waals surface area contributed by atoms with Gasteiger partial charge in [0.25, 0.3) is 10.1 Å². The van der Waals surface area contributed by atoms with E-state index in [-0.39, 0.29) is 36.7 Å². The molecule has 1 N–H and O–H groups in total. The quantitative estimate of drug-likeness (QED) is 0.0523. The number of fused-ring (bicyclic) bond motifs is 1. The van der Waals surface area contributed by atoms with Crippen LogP contribution in [0.2, 0.25) is 0 Å². The fraction of sp³-hybridized carbons (Fsp3) is 0.333. The number of rotatable bonds is 16. The van der Waals surface area contributed by atoms with Gasteiger partial charge in [-0.15, -0.1) is 0 Å². The minimum absolute atomic E-state index is 0.0223. The van der Waals surface area contributed by atoms with Crippen molar-refractivity contribution in [3.05, 3.63) is 150 Å².